The normalized spacial score (nSPS) is 19.4. The van der Waals surface area contributed by atoms with Crippen molar-refractivity contribution in [3.63, 3.8) is 0 Å². The number of hydrogen-bond donors (Lipinski definition) is 0. The molecule has 0 N–H and O–H groups in total. The Balaban J connectivity index is 2.45. The van der Waals surface area contributed by atoms with Gasteiger partial charge in [-0.15, -0.1) is 11.3 Å². The van der Waals surface area contributed by atoms with Crippen LogP contribution in [0.5, 0.6) is 0 Å². The summed E-state index contributed by atoms with van der Waals surface area (Å²) in [5, 5.41) is 1.68. The van der Waals surface area contributed by atoms with Crippen molar-refractivity contribution >= 4 is 39.1 Å². The second-order valence-corrected chi connectivity index (χ2v) is 10.1. The Bertz CT molecular complexity index is 648. The number of aryl methyl sites for hydroxylation is 1. The molecular weight excluding hydrogens is 330 g/mol. The van der Waals surface area contributed by atoms with Crippen LogP contribution < -0.4 is 0 Å². The smallest absolute Gasteiger partial charge is 0.349 e. The van der Waals surface area contributed by atoms with Crippen molar-refractivity contribution < 1.29 is 17.9 Å². The summed E-state index contributed by atoms with van der Waals surface area (Å²) in [6, 6.07) is 0. The molecule has 118 valence electrons. The van der Waals surface area contributed by atoms with Crippen molar-refractivity contribution in [2.75, 3.05) is 26.0 Å². The van der Waals surface area contributed by atoms with E-state index >= 15 is 0 Å². The van der Waals surface area contributed by atoms with Gasteiger partial charge in [0.25, 0.3) is 0 Å². The maximum Gasteiger partial charge on any atom is 0.349 e. The number of ether oxygens (including phenoxy) is 1. The fraction of sp³-hybridized carbons (Fsp3) is 0.615. The maximum atomic E-state index is 12.9. The molecule has 8 heteroatoms. The lowest BCUT2D eigenvalue weighted by Gasteiger charge is -2.36. The minimum atomic E-state index is -3.68. The van der Waals surface area contributed by atoms with Crippen LogP contribution in [0.1, 0.15) is 29.1 Å². The molecule has 0 radical (unpaired) electrons. The van der Waals surface area contributed by atoms with E-state index in [1.807, 2.05) is 13.8 Å². The quantitative estimate of drug-likeness (QED) is 0.784. The number of rotatable bonds is 3. The minimum absolute atomic E-state index is 0.0991. The third-order valence-corrected chi connectivity index (χ3v) is 7.82. The van der Waals surface area contributed by atoms with Crippen LogP contribution in [0.4, 0.5) is 0 Å². The molecule has 21 heavy (non-hydrogen) atoms. The molecule has 0 aliphatic carbocycles. The molecule has 0 unspecified atom stereocenters. The predicted octanol–water partition coefficient (Wildman–Crippen LogP) is 2.36. The van der Waals surface area contributed by atoms with Crippen LogP contribution in [0.2, 0.25) is 0 Å². The van der Waals surface area contributed by atoms with Gasteiger partial charge in [-0.2, -0.15) is 16.1 Å². The average molecular weight is 349 g/mol. The number of thioether (sulfide) groups is 1. The number of esters is 1. The fourth-order valence-electron chi connectivity index (χ4n) is 2.29. The molecule has 0 saturated carbocycles. The number of methoxy groups -OCH3 is 1. The Labute approximate surface area is 133 Å². The van der Waals surface area contributed by atoms with Crippen molar-refractivity contribution in [3.8, 4) is 0 Å². The second-order valence-electron chi connectivity index (χ2n) is 5.52. The molecule has 2 heterocycles. The van der Waals surface area contributed by atoms with E-state index in [-0.39, 0.29) is 14.5 Å². The van der Waals surface area contributed by atoms with Crippen LogP contribution in [-0.2, 0) is 14.8 Å². The monoisotopic (exact) mass is 349 g/mol. The summed E-state index contributed by atoms with van der Waals surface area (Å²) in [7, 11) is -2.42. The summed E-state index contributed by atoms with van der Waals surface area (Å²) in [5.41, 5.74) is 0.594. The highest BCUT2D eigenvalue weighted by Gasteiger charge is 2.38. The molecule has 1 fully saturated rings. The number of thiophene rings is 1. The molecule has 5 nitrogen and oxygen atoms in total. The van der Waals surface area contributed by atoms with Crippen LogP contribution >= 0.6 is 23.1 Å². The average Bonchev–Trinajstić information content (AvgIpc) is 2.79. The van der Waals surface area contributed by atoms with Crippen LogP contribution in [0, 0.1) is 6.92 Å². The SMILES string of the molecule is COC(=O)c1scc(C)c1S(=O)(=O)N1CCSC(C)(C)C1. The zero-order chi connectivity index (χ0) is 15.8. The Morgan fingerprint density at radius 2 is 2.10 bits per heavy atom. The highest BCUT2D eigenvalue weighted by atomic mass is 32.2. The van der Waals surface area contributed by atoms with Gasteiger partial charge < -0.3 is 4.74 Å². The van der Waals surface area contributed by atoms with Crippen LogP contribution in [0.25, 0.3) is 0 Å². The highest BCUT2D eigenvalue weighted by Crippen LogP contribution is 2.35. The summed E-state index contributed by atoms with van der Waals surface area (Å²) in [4.78, 5) is 12.1. The summed E-state index contributed by atoms with van der Waals surface area (Å²) >= 11 is 2.88. The number of carbonyl (C=O) groups is 1. The van der Waals surface area contributed by atoms with Gasteiger partial charge in [-0.05, 0) is 31.7 Å². The molecule has 1 aliphatic rings. The first-order chi connectivity index (χ1) is 9.69. The van der Waals surface area contributed by atoms with E-state index in [9.17, 15) is 13.2 Å². The van der Waals surface area contributed by atoms with Gasteiger partial charge in [-0.1, -0.05) is 0 Å². The molecular formula is C13H19NO4S3. The molecule has 1 aromatic heterocycles. The van der Waals surface area contributed by atoms with E-state index in [2.05, 4.69) is 0 Å². The largest absolute Gasteiger partial charge is 0.465 e. The Kier molecular flexibility index (Phi) is 4.72. The molecule has 2 rings (SSSR count). The summed E-state index contributed by atoms with van der Waals surface area (Å²) in [6.07, 6.45) is 0. The lowest BCUT2D eigenvalue weighted by molar-refractivity contribution is 0.0602. The predicted molar refractivity (Wildman–Crippen MR) is 85.7 cm³/mol. The van der Waals surface area contributed by atoms with Crippen molar-refractivity contribution in [3.05, 3.63) is 15.8 Å². The lowest BCUT2D eigenvalue weighted by Crippen LogP contribution is -2.46. The number of sulfonamides is 1. The zero-order valence-corrected chi connectivity index (χ0v) is 15.0. The molecule has 0 amide bonds. The van der Waals surface area contributed by atoms with Gasteiger partial charge in [0, 0.05) is 23.6 Å². The van der Waals surface area contributed by atoms with E-state index in [0.717, 1.165) is 17.1 Å². The first-order valence-electron chi connectivity index (χ1n) is 6.49. The molecule has 1 aromatic rings. The number of nitrogens with zero attached hydrogens (tertiary/aromatic N) is 1. The zero-order valence-electron chi connectivity index (χ0n) is 12.5. The van der Waals surface area contributed by atoms with Crippen molar-refractivity contribution in [1.29, 1.82) is 0 Å². The van der Waals surface area contributed by atoms with Gasteiger partial charge in [0.2, 0.25) is 10.0 Å². The van der Waals surface area contributed by atoms with E-state index in [0.29, 0.717) is 18.7 Å². The molecule has 0 atom stereocenters. The molecule has 0 spiro atoms. The maximum absolute atomic E-state index is 12.9. The molecule has 0 aromatic carbocycles. The van der Waals surface area contributed by atoms with Gasteiger partial charge >= 0.3 is 5.97 Å². The number of carbonyl (C=O) groups excluding carboxylic acids is 1. The summed E-state index contributed by atoms with van der Waals surface area (Å²) in [6.45, 7) is 6.67. The lowest BCUT2D eigenvalue weighted by atomic mass is 10.2. The van der Waals surface area contributed by atoms with Gasteiger partial charge in [-0.3, -0.25) is 0 Å². The molecule has 1 saturated heterocycles. The van der Waals surface area contributed by atoms with Gasteiger partial charge in [0.05, 0.1) is 7.11 Å². The van der Waals surface area contributed by atoms with E-state index < -0.39 is 16.0 Å². The highest BCUT2D eigenvalue weighted by molar-refractivity contribution is 8.00. The first-order valence-corrected chi connectivity index (χ1v) is 9.80. The van der Waals surface area contributed by atoms with Gasteiger partial charge in [0.1, 0.15) is 9.77 Å². The van der Waals surface area contributed by atoms with Crippen molar-refractivity contribution in [1.82, 2.24) is 4.31 Å². The van der Waals surface area contributed by atoms with Crippen LogP contribution in [0.3, 0.4) is 0 Å². The third-order valence-electron chi connectivity index (χ3n) is 3.28. The summed E-state index contributed by atoms with van der Waals surface area (Å²) < 4.78 is 31.9. The standard InChI is InChI=1S/C13H19NO4S3/c1-9-7-19-10(12(15)18-4)11(9)21(16,17)14-5-6-20-13(2,3)8-14/h7H,5-6,8H2,1-4H3. The van der Waals surface area contributed by atoms with E-state index in [4.69, 9.17) is 4.74 Å². The van der Waals surface area contributed by atoms with Crippen molar-refractivity contribution in [2.24, 2.45) is 0 Å². The van der Waals surface area contributed by atoms with E-state index in [1.165, 1.54) is 11.4 Å². The third kappa shape index (κ3) is 3.28. The van der Waals surface area contributed by atoms with E-state index in [1.54, 1.807) is 24.1 Å². The molecule has 1 aliphatic heterocycles. The van der Waals surface area contributed by atoms with Gasteiger partial charge in [0.15, 0.2) is 0 Å². The fourth-order valence-corrected chi connectivity index (χ4v) is 6.86. The minimum Gasteiger partial charge on any atom is -0.465 e. The second kappa shape index (κ2) is 5.91. The van der Waals surface area contributed by atoms with Crippen LogP contribution in [-0.4, -0.2) is 49.4 Å². The number of hydrogen-bond acceptors (Lipinski definition) is 6. The first kappa shape index (κ1) is 16.8. The van der Waals surface area contributed by atoms with Gasteiger partial charge in [-0.25, -0.2) is 13.2 Å². The Morgan fingerprint density at radius 3 is 2.67 bits per heavy atom. The Hall–Kier alpha value is -0.570. The van der Waals surface area contributed by atoms with Crippen LogP contribution in [0.15, 0.2) is 10.3 Å². The Morgan fingerprint density at radius 1 is 1.43 bits per heavy atom. The molecule has 0 bridgehead atoms. The summed E-state index contributed by atoms with van der Waals surface area (Å²) in [5.74, 6) is 0.153. The van der Waals surface area contributed by atoms with Crippen molar-refractivity contribution in [2.45, 2.75) is 30.4 Å². The topological polar surface area (TPSA) is 63.7 Å².